The fourth-order valence-corrected chi connectivity index (χ4v) is 4.20. The normalized spacial score (nSPS) is 18.1. The van der Waals surface area contributed by atoms with Gasteiger partial charge >= 0.3 is 5.97 Å². The molecule has 9 nitrogen and oxygen atoms in total. The highest BCUT2D eigenvalue weighted by molar-refractivity contribution is 7.86. The van der Waals surface area contributed by atoms with Gasteiger partial charge in [-0.05, 0) is 24.8 Å². The summed E-state index contributed by atoms with van der Waals surface area (Å²) >= 11 is 0. The van der Waals surface area contributed by atoms with Crippen molar-refractivity contribution in [3.8, 4) is 11.3 Å². The van der Waals surface area contributed by atoms with Gasteiger partial charge < -0.3 is 5.11 Å². The molecule has 1 aliphatic rings. The van der Waals surface area contributed by atoms with Crippen LogP contribution in [0.25, 0.3) is 11.3 Å². The molecule has 1 saturated heterocycles. The smallest absolute Gasteiger partial charge is 0.337 e. The summed E-state index contributed by atoms with van der Waals surface area (Å²) in [6, 6.07) is 1.50. The van der Waals surface area contributed by atoms with E-state index < -0.39 is 16.2 Å². The average molecular weight is 391 g/mol. The SMILES string of the molecule is CN(C)S(=O)(=O)N1CC[C@H](Cc2cnc(-c3cncc(C(=O)O)c3)cn2)C1. The van der Waals surface area contributed by atoms with E-state index in [4.69, 9.17) is 5.11 Å². The molecule has 144 valence electrons. The zero-order valence-corrected chi connectivity index (χ0v) is 15.9. The summed E-state index contributed by atoms with van der Waals surface area (Å²) in [4.78, 5) is 23.7. The molecule has 3 rings (SSSR count). The lowest BCUT2D eigenvalue weighted by atomic mass is 10.0. The van der Waals surface area contributed by atoms with Gasteiger partial charge in [-0.15, -0.1) is 0 Å². The number of aromatic nitrogens is 3. The van der Waals surface area contributed by atoms with Crippen molar-refractivity contribution in [2.75, 3.05) is 27.2 Å². The van der Waals surface area contributed by atoms with Crippen LogP contribution in [0.4, 0.5) is 0 Å². The highest BCUT2D eigenvalue weighted by Gasteiger charge is 2.32. The van der Waals surface area contributed by atoms with Gasteiger partial charge in [-0.1, -0.05) is 0 Å². The largest absolute Gasteiger partial charge is 0.478 e. The predicted octanol–water partition coefficient (Wildman–Crippen LogP) is 0.908. The topological polar surface area (TPSA) is 117 Å². The molecular formula is C17H21N5O4S. The highest BCUT2D eigenvalue weighted by Crippen LogP contribution is 2.24. The zero-order chi connectivity index (χ0) is 19.6. The number of aromatic carboxylic acids is 1. The summed E-state index contributed by atoms with van der Waals surface area (Å²) < 4.78 is 27.1. The van der Waals surface area contributed by atoms with Gasteiger partial charge in [-0.3, -0.25) is 15.0 Å². The standard InChI is InChI=1S/C17H21N5O4S/c1-21(2)27(25,26)22-4-3-12(11-22)5-15-9-20-16(10-19-15)13-6-14(17(23)24)8-18-7-13/h6-10,12H,3-5,11H2,1-2H3,(H,23,24)/t12-/m1/s1. The van der Waals surface area contributed by atoms with E-state index in [2.05, 4.69) is 15.0 Å². The summed E-state index contributed by atoms with van der Waals surface area (Å²) in [5, 5.41) is 9.05. The molecule has 0 bridgehead atoms. The van der Waals surface area contributed by atoms with Crippen LogP contribution in [-0.4, -0.2) is 70.2 Å². The van der Waals surface area contributed by atoms with Crippen LogP contribution in [0.1, 0.15) is 22.5 Å². The van der Waals surface area contributed by atoms with Crippen molar-refractivity contribution in [3.05, 3.63) is 42.1 Å². The van der Waals surface area contributed by atoms with E-state index in [-0.39, 0.29) is 11.5 Å². The van der Waals surface area contributed by atoms with Crippen LogP contribution in [0.5, 0.6) is 0 Å². The van der Waals surface area contributed by atoms with E-state index in [1.807, 2.05) is 0 Å². The molecule has 27 heavy (non-hydrogen) atoms. The Morgan fingerprint density at radius 3 is 2.67 bits per heavy atom. The molecule has 1 fully saturated rings. The molecule has 3 heterocycles. The van der Waals surface area contributed by atoms with E-state index in [0.717, 1.165) is 12.1 Å². The second-order valence-electron chi connectivity index (χ2n) is 6.67. The van der Waals surface area contributed by atoms with Gasteiger partial charge in [0.05, 0.1) is 23.1 Å². The summed E-state index contributed by atoms with van der Waals surface area (Å²) in [7, 11) is -0.322. The lowest BCUT2D eigenvalue weighted by Gasteiger charge is -2.20. The van der Waals surface area contributed by atoms with Crippen LogP contribution in [0.3, 0.4) is 0 Å². The van der Waals surface area contributed by atoms with Gasteiger partial charge in [0.25, 0.3) is 10.2 Å². The molecule has 0 aliphatic carbocycles. The quantitative estimate of drug-likeness (QED) is 0.778. The average Bonchev–Trinajstić information content (AvgIpc) is 3.11. The van der Waals surface area contributed by atoms with Crippen molar-refractivity contribution in [2.45, 2.75) is 12.8 Å². The third-order valence-electron chi connectivity index (χ3n) is 4.52. The summed E-state index contributed by atoms with van der Waals surface area (Å²) in [5.74, 6) is -0.857. The van der Waals surface area contributed by atoms with Crippen molar-refractivity contribution in [3.63, 3.8) is 0 Å². The first-order valence-corrected chi connectivity index (χ1v) is 9.84. The van der Waals surface area contributed by atoms with Crippen LogP contribution in [-0.2, 0) is 16.6 Å². The van der Waals surface area contributed by atoms with Gasteiger partial charge in [0, 0.05) is 51.3 Å². The molecule has 0 aromatic carbocycles. The van der Waals surface area contributed by atoms with Gasteiger partial charge in [0.2, 0.25) is 0 Å². The molecule has 2 aromatic heterocycles. The minimum Gasteiger partial charge on any atom is -0.478 e. The minimum atomic E-state index is -3.38. The van der Waals surface area contributed by atoms with Gasteiger partial charge in [0.15, 0.2) is 0 Å². The van der Waals surface area contributed by atoms with Crippen LogP contribution in [0.15, 0.2) is 30.9 Å². The van der Waals surface area contributed by atoms with Crippen molar-refractivity contribution in [1.29, 1.82) is 0 Å². The number of carboxylic acids is 1. The van der Waals surface area contributed by atoms with Crippen LogP contribution in [0.2, 0.25) is 0 Å². The number of pyridine rings is 1. The summed E-state index contributed by atoms with van der Waals surface area (Å²) in [6.07, 6.45) is 7.46. The van der Waals surface area contributed by atoms with Gasteiger partial charge in [-0.25, -0.2) is 4.79 Å². The Bertz CT molecular complexity index is 931. The molecule has 0 amide bonds. The van der Waals surface area contributed by atoms with E-state index in [9.17, 15) is 13.2 Å². The summed E-state index contributed by atoms with van der Waals surface area (Å²) in [6.45, 7) is 0.971. The molecule has 0 saturated carbocycles. The second kappa shape index (κ2) is 7.67. The van der Waals surface area contributed by atoms with Crippen molar-refractivity contribution >= 4 is 16.2 Å². The van der Waals surface area contributed by atoms with Gasteiger partial charge in [-0.2, -0.15) is 17.0 Å². The third-order valence-corrected chi connectivity index (χ3v) is 6.43. The molecule has 0 unspecified atom stereocenters. The number of carbonyl (C=O) groups is 1. The van der Waals surface area contributed by atoms with E-state index >= 15 is 0 Å². The molecule has 0 spiro atoms. The predicted molar refractivity (Wildman–Crippen MR) is 98.2 cm³/mol. The Labute approximate surface area is 157 Å². The second-order valence-corrected chi connectivity index (χ2v) is 8.81. The van der Waals surface area contributed by atoms with Gasteiger partial charge in [0.1, 0.15) is 0 Å². The zero-order valence-electron chi connectivity index (χ0n) is 15.1. The Morgan fingerprint density at radius 1 is 1.26 bits per heavy atom. The lowest BCUT2D eigenvalue weighted by Crippen LogP contribution is -2.38. The van der Waals surface area contributed by atoms with E-state index in [0.29, 0.717) is 30.8 Å². The molecule has 1 atom stereocenters. The fraction of sp³-hybridized carbons (Fsp3) is 0.412. The maximum Gasteiger partial charge on any atom is 0.337 e. The number of hydrogen-bond acceptors (Lipinski definition) is 6. The molecule has 0 radical (unpaired) electrons. The first kappa shape index (κ1) is 19.3. The molecule has 2 aromatic rings. The number of hydrogen-bond donors (Lipinski definition) is 1. The Kier molecular flexibility index (Phi) is 5.49. The lowest BCUT2D eigenvalue weighted by molar-refractivity contribution is 0.0696. The number of carboxylic acid groups (broad SMARTS) is 1. The first-order valence-electron chi connectivity index (χ1n) is 8.44. The maximum atomic E-state index is 12.2. The van der Waals surface area contributed by atoms with Crippen molar-refractivity contribution < 1.29 is 18.3 Å². The fourth-order valence-electron chi connectivity index (χ4n) is 3.01. The number of nitrogens with zero attached hydrogens (tertiary/aromatic N) is 5. The maximum absolute atomic E-state index is 12.2. The molecular weight excluding hydrogens is 370 g/mol. The first-order chi connectivity index (χ1) is 12.8. The van der Waals surface area contributed by atoms with Crippen LogP contribution >= 0.6 is 0 Å². The monoisotopic (exact) mass is 391 g/mol. The third kappa shape index (κ3) is 4.29. The van der Waals surface area contributed by atoms with Crippen LogP contribution < -0.4 is 0 Å². The number of rotatable bonds is 6. The Morgan fingerprint density at radius 2 is 2.04 bits per heavy atom. The van der Waals surface area contributed by atoms with Crippen molar-refractivity contribution in [1.82, 2.24) is 23.6 Å². The molecule has 1 N–H and O–H groups in total. The Balaban J connectivity index is 1.67. The van der Waals surface area contributed by atoms with Crippen molar-refractivity contribution in [2.24, 2.45) is 5.92 Å². The van der Waals surface area contributed by atoms with E-state index in [1.54, 1.807) is 12.4 Å². The Hall–Kier alpha value is -2.43. The molecule has 10 heteroatoms. The molecule has 1 aliphatic heterocycles. The minimum absolute atomic E-state index is 0.0894. The summed E-state index contributed by atoms with van der Waals surface area (Å²) in [5.41, 5.74) is 1.98. The van der Waals surface area contributed by atoms with Crippen LogP contribution in [0, 0.1) is 5.92 Å². The highest BCUT2D eigenvalue weighted by atomic mass is 32.2. The van der Waals surface area contributed by atoms with E-state index in [1.165, 1.54) is 41.2 Å².